The molecule has 4 aliphatic rings. The van der Waals surface area contributed by atoms with E-state index in [1.54, 1.807) is 5.57 Å². The number of hydrogen-bond acceptors (Lipinski definition) is 1. The average molecular weight is 413 g/mol. The summed E-state index contributed by atoms with van der Waals surface area (Å²) in [7, 11) is 0. The van der Waals surface area contributed by atoms with Crippen molar-refractivity contribution in [2.75, 3.05) is 0 Å². The molecular weight excluding hydrogens is 364 g/mol. The zero-order valence-electron chi connectivity index (χ0n) is 21.0. The average Bonchev–Trinajstić information content (AvgIpc) is 3.28. The maximum absolute atomic E-state index is 10.7. The summed E-state index contributed by atoms with van der Waals surface area (Å²) in [6, 6.07) is 0. The second-order valence-electron chi connectivity index (χ2n) is 13.0. The number of rotatable bonds is 4. The largest absolute Gasteiger partial charge is 0.393 e. The first-order valence-corrected chi connectivity index (χ1v) is 13.0. The molecule has 30 heavy (non-hydrogen) atoms. The molecule has 4 aliphatic carbocycles. The van der Waals surface area contributed by atoms with Gasteiger partial charge in [-0.1, -0.05) is 50.5 Å². The molecule has 0 unspecified atom stereocenters. The number of hydrogen-bond donors (Lipinski definition) is 1. The molecule has 1 heteroatoms. The predicted octanol–water partition coefficient (Wildman–Crippen LogP) is 8.09. The molecule has 4 fully saturated rings. The van der Waals surface area contributed by atoms with Gasteiger partial charge in [0.1, 0.15) is 0 Å². The van der Waals surface area contributed by atoms with Crippen LogP contribution in [0.2, 0.25) is 0 Å². The monoisotopic (exact) mass is 412 g/mol. The van der Waals surface area contributed by atoms with Crippen LogP contribution < -0.4 is 0 Å². The smallest absolute Gasteiger partial charge is 0.0594 e. The van der Waals surface area contributed by atoms with Crippen molar-refractivity contribution >= 4 is 0 Å². The molecule has 4 saturated carbocycles. The van der Waals surface area contributed by atoms with Gasteiger partial charge in [-0.3, -0.25) is 0 Å². The first kappa shape index (κ1) is 22.6. The highest BCUT2D eigenvalue weighted by atomic mass is 16.3. The SMILES string of the molecule is CC(C)=CCC/C(C)=C1\CC[C@@]2(C)[C@H]1CC[C@H]2[C@H]1CC[C@H]2C(C)(C)[C@@H](O)CC[C@]12C. The van der Waals surface area contributed by atoms with Crippen molar-refractivity contribution in [3.8, 4) is 0 Å². The lowest BCUT2D eigenvalue weighted by molar-refractivity contribution is -0.105. The Labute approximate surface area is 186 Å². The highest BCUT2D eigenvalue weighted by Crippen LogP contribution is 2.70. The van der Waals surface area contributed by atoms with Crippen molar-refractivity contribution in [1.29, 1.82) is 0 Å². The van der Waals surface area contributed by atoms with Crippen LogP contribution in [0.5, 0.6) is 0 Å². The van der Waals surface area contributed by atoms with Crippen LogP contribution in [0.25, 0.3) is 0 Å². The summed E-state index contributed by atoms with van der Waals surface area (Å²) in [4.78, 5) is 0. The fourth-order valence-electron chi connectivity index (χ4n) is 9.24. The Bertz CT molecular complexity index is 723. The third kappa shape index (κ3) is 3.37. The van der Waals surface area contributed by atoms with Crippen molar-refractivity contribution in [3.05, 3.63) is 22.8 Å². The number of aliphatic hydroxyl groups excluding tert-OH is 1. The van der Waals surface area contributed by atoms with Gasteiger partial charge < -0.3 is 5.11 Å². The summed E-state index contributed by atoms with van der Waals surface area (Å²) in [5, 5.41) is 10.7. The Balaban J connectivity index is 1.55. The second-order valence-corrected chi connectivity index (χ2v) is 13.0. The van der Waals surface area contributed by atoms with Crippen LogP contribution in [-0.4, -0.2) is 11.2 Å². The van der Waals surface area contributed by atoms with Gasteiger partial charge in [-0.25, -0.2) is 0 Å². The van der Waals surface area contributed by atoms with Gasteiger partial charge in [0, 0.05) is 0 Å². The van der Waals surface area contributed by atoms with Crippen molar-refractivity contribution in [1.82, 2.24) is 0 Å². The fraction of sp³-hybridized carbons (Fsp3) is 0.862. The predicted molar refractivity (Wildman–Crippen MR) is 128 cm³/mol. The molecule has 0 aliphatic heterocycles. The van der Waals surface area contributed by atoms with E-state index in [9.17, 15) is 5.11 Å². The summed E-state index contributed by atoms with van der Waals surface area (Å²) in [6.07, 6.45) is 15.4. The number of aliphatic hydroxyl groups is 1. The summed E-state index contributed by atoms with van der Waals surface area (Å²) in [6.45, 7) is 16.9. The first-order chi connectivity index (χ1) is 14.0. The Morgan fingerprint density at radius 2 is 1.57 bits per heavy atom. The van der Waals surface area contributed by atoms with Gasteiger partial charge in [-0.15, -0.1) is 0 Å². The first-order valence-electron chi connectivity index (χ1n) is 13.0. The maximum atomic E-state index is 10.7. The van der Waals surface area contributed by atoms with Crippen molar-refractivity contribution in [3.63, 3.8) is 0 Å². The molecule has 0 aromatic rings. The molecule has 0 aromatic heterocycles. The van der Waals surface area contributed by atoms with E-state index in [4.69, 9.17) is 0 Å². The van der Waals surface area contributed by atoms with E-state index < -0.39 is 0 Å². The third-order valence-corrected chi connectivity index (χ3v) is 11.0. The van der Waals surface area contributed by atoms with Gasteiger partial charge in [0.2, 0.25) is 0 Å². The summed E-state index contributed by atoms with van der Waals surface area (Å²) >= 11 is 0. The molecule has 170 valence electrons. The van der Waals surface area contributed by atoms with Crippen LogP contribution in [0.15, 0.2) is 22.8 Å². The molecule has 0 bridgehead atoms. The quantitative estimate of drug-likeness (QED) is 0.462. The summed E-state index contributed by atoms with van der Waals surface area (Å²) in [5.41, 5.74) is 6.06. The van der Waals surface area contributed by atoms with Gasteiger partial charge >= 0.3 is 0 Å². The van der Waals surface area contributed by atoms with E-state index in [1.165, 1.54) is 63.4 Å². The zero-order chi connectivity index (χ0) is 21.9. The van der Waals surface area contributed by atoms with E-state index in [0.29, 0.717) is 16.7 Å². The standard InChI is InChI=1S/C29H48O/c1-19(2)9-8-10-20(3)21-15-17-28(6)22(21)11-12-23(28)24-13-14-25-27(4,5)26(30)16-18-29(24,25)7/h9,22-26,30H,8,10-18H2,1-7H3/b21-20+/t22-,23-,24+,25-,26-,28-,29+/m0/s1. The van der Waals surface area contributed by atoms with Crippen molar-refractivity contribution in [2.45, 2.75) is 119 Å². The van der Waals surface area contributed by atoms with Crippen molar-refractivity contribution in [2.24, 2.45) is 39.9 Å². The van der Waals surface area contributed by atoms with Crippen LogP contribution in [0.1, 0.15) is 113 Å². The third-order valence-electron chi connectivity index (χ3n) is 11.0. The molecule has 0 saturated heterocycles. The highest BCUT2D eigenvalue weighted by Gasteiger charge is 2.63. The summed E-state index contributed by atoms with van der Waals surface area (Å²) in [5.74, 6) is 3.31. The molecule has 1 N–H and O–H groups in total. The fourth-order valence-corrected chi connectivity index (χ4v) is 9.24. The molecule has 0 radical (unpaired) electrons. The lowest BCUT2D eigenvalue weighted by atomic mass is 9.52. The van der Waals surface area contributed by atoms with E-state index in [2.05, 4.69) is 54.5 Å². The molecule has 7 atom stereocenters. The van der Waals surface area contributed by atoms with Crippen LogP contribution in [0.4, 0.5) is 0 Å². The van der Waals surface area contributed by atoms with Gasteiger partial charge in [-0.05, 0) is 125 Å². The Kier molecular flexibility index (Phi) is 5.87. The normalized spacial score (nSPS) is 46.5. The van der Waals surface area contributed by atoms with E-state index in [0.717, 1.165) is 24.2 Å². The number of fused-ring (bicyclic) bond motifs is 2. The molecule has 0 aromatic carbocycles. The summed E-state index contributed by atoms with van der Waals surface area (Å²) < 4.78 is 0. The van der Waals surface area contributed by atoms with Crippen LogP contribution >= 0.6 is 0 Å². The lowest BCUT2D eigenvalue weighted by Crippen LogP contribution is -2.50. The van der Waals surface area contributed by atoms with Gasteiger partial charge in [-0.2, -0.15) is 0 Å². The Morgan fingerprint density at radius 1 is 0.900 bits per heavy atom. The second kappa shape index (κ2) is 7.79. The van der Waals surface area contributed by atoms with Crippen LogP contribution in [0, 0.1) is 39.9 Å². The van der Waals surface area contributed by atoms with Gasteiger partial charge in [0.05, 0.1) is 6.10 Å². The zero-order valence-corrected chi connectivity index (χ0v) is 21.0. The lowest BCUT2D eigenvalue weighted by Gasteiger charge is -2.54. The minimum Gasteiger partial charge on any atom is -0.393 e. The van der Waals surface area contributed by atoms with Gasteiger partial charge in [0.25, 0.3) is 0 Å². The van der Waals surface area contributed by atoms with Gasteiger partial charge in [0.15, 0.2) is 0 Å². The minimum absolute atomic E-state index is 0.0862. The molecule has 0 heterocycles. The Morgan fingerprint density at radius 3 is 2.27 bits per heavy atom. The molecule has 4 rings (SSSR count). The maximum Gasteiger partial charge on any atom is 0.0594 e. The molecule has 0 spiro atoms. The number of allylic oxidation sites excluding steroid dienone is 4. The van der Waals surface area contributed by atoms with Crippen LogP contribution in [-0.2, 0) is 0 Å². The minimum atomic E-state index is -0.106. The highest BCUT2D eigenvalue weighted by molar-refractivity contribution is 5.27. The van der Waals surface area contributed by atoms with E-state index in [-0.39, 0.29) is 11.5 Å². The topological polar surface area (TPSA) is 20.2 Å². The van der Waals surface area contributed by atoms with E-state index >= 15 is 0 Å². The van der Waals surface area contributed by atoms with Crippen molar-refractivity contribution < 1.29 is 5.11 Å². The molecular formula is C29H48O. The Hall–Kier alpha value is -0.560. The van der Waals surface area contributed by atoms with E-state index in [1.807, 2.05) is 5.57 Å². The van der Waals surface area contributed by atoms with Crippen LogP contribution in [0.3, 0.4) is 0 Å². The molecule has 1 nitrogen and oxygen atoms in total. The molecule has 0 amide bonds.